The van der Waals surface area contributed by atoms with Crippen LogP contribution in [0.4, 0.5) is 10.5 Å². The van der Waals surface area contributed by atoms with Crippen LogP contribution in [0.2, 0.25) is 0 Å². The van der Waals surface area contributed by atoms with Gasteiger partial charge in [-0.05, 0) is 59.2 Å². The zero-order valence-corrected chi connectivity index (χ0v) is 16.0. The quantitative estimate of drug-likeness (QED) is 0.415. The molecule has 0 saturated carbocycles. The zero-order valence-electron chi connectivity index (χ0n) is 13.9. The van der Waals surface area contributed by atoms with Crippen LogP contribution < -0.4 is 9.80 Å². The van der Waals surface area contributed by atoms with E-state index >= 15 is 0 Å². The monoisotopic (exact) mass is 441 g/mol. The molecule has 0 heterocycles. The van der Waals surface area contributed by atoms with Gasteiger partial charge in [0.05, 0.1) is 12.8 Å². The second-order valence-electron chi connectivity index (χ2n) is 5.27. The van der Waals surface area contributed by atoms with Gasteiger partial charge in [-0.1, -0.05) is 31.2 Å². The van der Waals surface area contributed by atoms with Crippen molar-refractivity contribution < 1.29 is 19.5 Å². The molecule has 2 aromatic carbocycles. The van der Waals surface area contributed by atoms with E-state index in [1.165, 1.54) is 12.7 Å². The summed E-state index contributed by atoms with van der Waals surface area (Å²) in [5, 5.41) is 10.6. The first-order valence-electron chi connectivity index (χ1n) is 7.54. The molecule has 0 aliphatic heterocycles. The first-order valence-corrected chi connectivity index (χ1v) is 8.62. The SMILES string of the molecule is CCc1ccc(OCc2cccc(I)c2N(O)C(=O)OC)c(C)c1. The molecule has 0 saturated heterocycles. The predicted octanol–water partition coefficient (Wildman–Crippen LogP) is 4.70. The van der Waals surface area contributed by atoms with Crippen LogP contribution in [0.25, 0.3) is 0 Å². The van der Waals surface area contributed by atoms with Crippen molar-refractivity contribution in [1.82, 2.24) is 0 Å². The molecule has 24 heavy (non-hydrogen) atoms. The fraction of sp³-hybridized carbons (Fsp3) is 0.278. The first-order chi connectivity index (χ1) is 11.5. The highest BCUT2D eigenvalue weighted by molar-refractivity contribution is 14.1. The summed E-state index contributed by atoms with van der Waals surface area (Å²) in [5.41, 5.74) is 3.36. The van der Waals surface area contributed by atoms with E-state index in [9.17, 15) is 10.0 Å². The molecule has 0 aliphatic rings. The smallest absolute Gasteiger partial charge is 0.438 e. The molecule has 2 rings (SSSR count). The van der Waals surface area contributed by atoms with Gasteiger partial charge >= 0.3 is 6.09 Å². The summed E-state index contributed by atoms with van der Waals surface area (Å²) < 4.78 is 11.2. The average Bonchev–Trinajstić information content (AvgIpc) is 2.59. The fourth-order valence-corrected chi connectivity index (χ4v) is 3.12. The predicted molar refractivity (Wildman–Crippen MR) is 101 cm³/mol. The third-order valence-corrected chi connectivity index (χ3v) is 4.53. The third kappa shape index (κ3) is 4.18. The number of ether oxygens (including phenoxy) is 2. The van der Waals surface area contributed by atoms with Crippen molar-refractivity contribution in [2.24, 2.45) is 0 Å². The molecule has 128 valence electrons. The number of para-hydroxylation sites is 1. The second-order valence-corrected chi connectivity index (χ2v) is 6.43. The lowest BCUT2D eigenvalue weighted by molar-refractivity contribution is 0.140. The van der Waals surface area contributed by atoms with Crippen LogP contribution in [0, 0.1) is 10.5 Å². The molecule has 0 unspecified atom stereocenters. The number of hydroxylamine groups is 1. The van der Waals surface area contributed by atoms with Crippen molar-refractivity contribution in [2.75, 3.05) is 12.2 Å². The van der Waals surface area contributed by atoms with Gasteiger partial charge in [-0.3, -0.25) is 5.21 Å². The van der Waals surface area contributed by atoms with E-state index in [-0.39, 0.29) is 6.61 Å². The molecule has 0 aliphatic carbocycles. The number of benzene rings is 2. The lowest BCUT2D eigenvalue weighted by Gasteiger charge is -2.19. The molecule has 0 spiro atoms. The molecule has 0 aromatic heterocycles. The number of carbonyl (C=O) groups excluding carboxylic acids is 1. The topological polar surface area (TPSA) is 59.0 Å². The number of hydrogen-bond donors (Lipinski definition) is 1. The Morgan fingerprint density at radius 3 is 2.67 bits per heavy atom. The van der Waals surface area contributed by atoms with E-state index in [4.69, 9.17) is 4.74 Å². The Labute approximate surface area is 155 Å². The molecule has 0 bridgehead atoms. The number of rotatable bonds is 5. The van der Waals surface area contributed by atoms with E-state index in [1.54, 1.807) is 12.1 Å². The summed E-state index contributed by atoms with van der Waals surface area (Å²) in [6, 6.07) is 11.5. The summed E-state index contributed by atoms with van der Waals surface area (Å²) in [4.78, 5) is 11.6. The minimum Gasteiger partial charge on any atom is -0.489 e. The normalized spacial score (nSPS) is 10.4. The second kappa shape index (κ2) is 8.34. The van der Waals surface area contributed by atoms with Gasteiger partial charge < -0.3 is 9.47 Å². The maximum atomic E-state index is 11.6. The van der Waals surface area contributed by atoms with Crippen LogP contribution in [-0.2, 0) is 17.8 Å². The van der Waals surface area contributed by atoms with Crippen molar-refractivity contribution in [1.29, 1.82) is 0 Å². The number of amides is 1. The van der Waals surface area contributed by atoms with Gasteiger partial charge in [0.25, 0.3) is 0 Å². The number of aryl methyl sites for hydroxylation is 2. The minimum absolute atomic E-state index is 0.229. The van der Waals surface area contributed by atoms with E-state index in [0.717, 1.165) is 21.3 Å². The van der Waals surface area contributed by atoms with Gasteiger partial charge in [0.1, 0.15) is 12.4 Å². The molecular weight excluding hydrogens is 421 g/mol. The van der Waals surface area contributed by atoms with Gasteiger partial charge in [-0.25, -0.2) is 4.79 Å². The molecule has 0 radical (unpaired) electrons. The standard InChI is InChI=1S/C18H20INO4/c1-4-13-8-9-16(12(2)10-13)24-11-14-6-5-7-15(19)17(14)20(22)18(21)23-3/h5-10,22H,4,11H2,1-3H3. The van der Waals surface area contributed by atoms with Crippen LogP contribution in [0.5, 0.6) is 5.75 Å². The van der Waals surface area contributed by atoms with Gasteiger partial charge in [-0.2, -0.15) is 5.06 Å². The maximum absolute atomic E-state index is 11.6. The third-order valence-electron chi connectivity index (χ3n) is 3.66. The van der Waals surface area contributed by atoms with Crippen molar-refractivity contribution in [3.8, 4) is 5.75 Å². The van der Waals surface area contributed by atoms with Gasteiger partial charge in [0, 0.05) is 9.13 Å². The molecule has 0 fully saturated rings. The maximum Gasteiger partial charge on any atom is 0.438 e. The highest BCUT2D eigenvalue weighted by Crippen LogP contribution is 2.29. The Kier molecular flexibility index (Phi) is 6.44. The fourth-order valence-electron chi connectivity index (χ4n) is 2.34. The number of halogens is 1. The molecule has 2 aromatic rings. The number of methoxy groups -OCH3 is 1. The van der Waals surface area contributed by atoms with Crippen molar-refractivity contribution in [3.05, 3.63) is 56.7 Å². The van der Waals surface area contributed by atoms with Crippen LogP contribution in [0.1, 0.15) is 23.6 Å². The zero-order chi connectivity index (χ0) is 17.7. The summed E-state index contributed by atoms with van der Waals surface area (Å²) in [7, 11) is 1.22. The van der Waals surface area contributed by atoms with E-state index in [1.807, 2.05) is 25.1 Å². The summed E-state index contributed by atoms with van der Waals surface area (Å²) >= 11 is 2.06. The van der Waals surface area contributed by atoms with Crippen molar-refractivity contribution in [3.63, 3.8) is 0 Å². The molecule has 1 N–H and O–H groups in total. The lowest BCUT2D eigenvalue weighted by Crippen LogP contribution is -2.28. The number of anilines is 1. The Bertz CT molecular complexity index is 733. The summed E-state index contributed by atoms with van der Waals surface area (Å²) in [5.74, 6) is 0.777. The molecule has 5 nitrogen and oxygen atoms in total. The number of carbonyl (C=O) groups is 1. The first kappa shape index (κ1) is 18.5. The summed E-state index contributed by atoms with van der Waals surface area (Å²) in [6.07, 6.45) is 0.129. The van der Waals surface area contributed by atoms with Crippen LogP contribution in [0.3, 0.4) is 0 Å². The molecule has 0 atom stereocenters. The molecule has 6 heteroatoms. The van der Waals surface area contributed by atoms with E-state index in [0.29, 0.717) is 16.3 Å². The van der Waals surface area contributed by atoms with Crippen LogP contribution in [-0.4, -0.2) is 18.4 Å². The molecular formula is C18H20INO4. The van der Waals surface area contributed by atoms with Crippen LogP contribution in [0.15, 0.2) is 36.4 Å². The minimum atomic E-state index is -0.844. The van der Waals surface area contributed by atoms with Crippen LogP contribution >= 0.6 is 22.6 Å². The lowest BCUT2D eigenvalue weighted by atomic mass is 10.1. The van der Waals surface area contributed by atoms with Gasteiger partial charge in [-0.15, -0.1) is 0 Å². The number of nitrogens with zero attached hydrogens (tertiary/aromatic N) is 1. The highest BCUT2D eigenvalue weighted by atomic mass is 127. The summed E-state index contributed by atoms with van der Waals surface area (Å²) in [6.45, 7) is 4.33. The largest absolute Gasteiger partial charge is 0.489 e. The Hall–Kier alpha value is -1.80. The number of hydrogen-bond acceptors (Lipinski definition) is 4. The average molecular weight is 441 g/mol. The Morgan fingerprint density at radius 2 is 2.04 bits per heavy atom. The van der Waals surface area contributed by atoms with Crippen molar-refractivity contribution in [2.45, 2.75) is 26.9 Å². The van der Waals surface area contributed by atoms with Crippen molar-refractivity contribution >= 4 is 34.4 Å². The van der Waals surface area contributed by atoms with Gasteiger partial charge in [0.2, 0.25) is 0 Å². The van der Waals surface area contributed by atoms with E-state index < -0.39 is 6.09 Å². The Morgan fingerprint density at radius 1 is 1.29 bits per heavy atom. The molecule has 1 amide bonds. The van der Waals surface area contributed by atoms with E-state index in [2.05, 4.69) is 40.3 Å². The highest BCUT2D eigenvalue weighted by Gasteiger charge is 2.20. The van der Waals surface area contributed by atoms with Gasteiger partial charge in [0.15, 0.2) is 0 Å². The Balaban J connectivity index is 2.24.